The number of hydrogen-bond donors (Lipinski definition) is 2. The Labute approximate surface area is 150 Å². The van der Waals surface area contributed by atoms with E-state index in [0.717, 1.165) is 11.1 Å². The summed E-state index contributed by atoms with van der Waals surface area (Å²) in [5, 5.41) is 11.2. The van der Waals surface area contributed by atoms with E-state index in [1.54, 1.807) is 48.5 Å². The zero-order valence-electron chi connectivity index (χ0n) is 14.0. The SMILES string of the molecule is O=C(O)C[C@@H](NC(=O)OCc1ccccc1)C(=O)OCc1ccccc1. The van der Waals surface area contributed by atoms with Crippen LogP contribution in [0.1, 0.15) is 17.5 Å². The van der Waals surface area contributed by atoms with Crippen molar-refractivity contribution in [3.8, 4) is 0 Å². The minimum absolute atomic E-state index is 0.00548. The number of alkyl carbamates (subject to hydrolysis) is 1. The minimum atomic E-state index is -1.33. The molecule has 0 unspecified atom stereocenters. The Bertz CT molecular complexity index is 732. The van der Waals surface area contributed by atoms with Gasteiger partial charge >= 0.3 is 18.0 Å². The van der Waals surface area contributed by atoms with Crippen molar-refractivity contribution in [1.82, 2.24) is 5.32 Å². The zero-order valence-corrected chi connectivity index (χ0v) is 14.0. The average Bonchev–Trinajstić information content (AvgIpc) is 2.65. The lowest BCUT2D eigenvalue weighted by Crippen LogP contribution is -2.43. The molecule has 136 valence electrons. The molecule has 7 nitrogen and oxygen atoms in total. The van der Waals surface area contributed by atoms with E-state index in [9.17, 15) is 14.4 Å². The summed E-state index contributed by atoms with van der Waals surface area (Å²) in [6.45, 7) is -0.0118. The Hall–Kier alpha value is -3.35. The number of ether oxygens (including phenoxy) is 2. The van der Waals surface area contributed by atoms with E-state index in [1.807, 2.05) is 12.1 Å². The van der Waals surface area contributed by atoms with Crippen molar-refractivity contribution in [2.75, 3.05) is 0 Å². The van der Waals surface area contributed by atoms with Crippen molar-refractivity contribution in [2.24, 2.45) is 0 Å². The smallest absolute Gasteiger partial charge is 0.408 e. The zero-order chi connectivity index (χ0) is 18.8. The van der Waals surface area contributed by atoms with Crippen LogP contribution in [0, 0.1) is 0 Å². The van der Waals surface area contributed by atoms with Gasteiger partial charge in [-0.1, -0.05) is 60.7 Å². The molecule has 0 bridgehead atoms. The molecule has 2 aromatic rings. The van der Waals surface area contributed by atoms with Gasteiger partial charge in [0.1, 0.15) is 19.3 Å². The fourth-order valence-electron chi connectivity index (χ4n) is 2.10. The van der Waals surface area contributed by atoms with Gasteiger partial charge in [-0.15, -0.1) is 0 Å². The molecule has 7 heteroatoms. The first-order valence-electron chi connectivity index (χ1n) is 7.94. The lowest BCUT2D eigenvalue weighted by molar-refractivity contribution is -0.151. The van der Waals surface area contributed by atoms with Crippen molar-refractivity contribution >= 4 is 18.0 Å². The lowest BCUT2D eigenvalue weighted by Gasteiger charge is -2.16. The maximum Gasteiger partial charge on any atom is 0.408 e. The van der Waals surface area contributed by atoms with Crippen LogP contribution in [0.25, 0.3) is 0 Å². The number of rotatable bonds is 8. The fourth-order valence-corrected chi connectivity index (χ4v) is 2.10. The number of carbonyl (C=O) groups is 3. The highest BCUT2D eigenvalue weighted by atomic mass is 16.6. The van der Waals surface area contributed by atoms with Crippen LogP contribution >= 0.6 is 0 Å². The predicted molar refractivity (Wildman–Crippen MR) is 92.0 cm³/mol. The highest BCUT2D eigenvalue weighted by Crippen LogP contribution is 2.05. The van der Waals surface area contributed by atoms with Crippen molar-refractivity contribution < 1.29 is 29.0 Å². The van der Waals surface area contributed by atoms with Crippen LogP contribution in [0.5, 0.6) is 0 Å². The summed E-state index contributed by atoms with van der Waals surface area (Å²) in [6.07, 6.45) is -1.50. The van der Waals surface area contributed by atoms with Gasteiger partial charge in [0.05, 0.1) is 6.42 Å². The molecular weight excluding hydrogens is 338 g/mol. The Morgan fingerprint density at radius 2 is 1.35 bits per heavy atom. The monoisotopic (exact) mass is 357 g/mol. The molecule has 2 aromatic carbocycles. The maximum absolute atomic E-state index is 12.1. The second kappa shape index (κ2) is 9.83. The number of carbonyl (C=O) groups excluding carboxylic acids is 2. The number of carboxylic acid groups (broad SMARTS) is 1. The van der Waals surface area contributed by atoms with Gasteiger partial charge in [-0.2, -0.15) is 0 Å². The van der Waals surface area contributed by atoms with E-state index in [1.165, 1.54) is 0 Å². The first-order valence-corrected chi connectivity index (χ1v) is 7.94. The van der Waals surface area contributed by atoms with Gasteiger partial charge in [-0.05, 0) is 11.1 Å². The van der Waals surface area contributed by atoms with Crippen LogP contribution in [0.15, 0.2) is 60.7 Å². The van der Waals surface area contributed by atoms with Crippen molar-refractivity contribution in [2.45, 2.75) is 25.7 Å². The summed E-state index contributed by atoms with van der Waals surface area (Å²) < 4.78 is 10.1. The molecule has 26 heavy (non-hydrogen) atoms. The Kier molecular flexibility index (Phi) is 7.17. The van der Waals surface area contributed by atoms with Gasteiger partial charge in [0, 0.05) is 0 Å². The second-order valence-corrected chi connectivity index (χ2v) is 5.45. The normalized spacial score (nSPS) is 11.2. The van der Waals surface area contributed by atoms with Crippen LogP contribution in [-0.2, 0) is 32.3 Å². The van der Waals surface area contributed by atoms with Crippen LogP contribution in [-0.4, -0.2) is 29.2 Å². The van der Waals surface area contributed by atoms with E-state index in [-0.39, 0.29) is 13.2 Å². The molecule has 1 atom stereocenters. The van der Waals surface area contributed by atoms with Crippen molar-refractivity contribution in [3.05, 3.63) is 71.8 Å². The highest BCUT2D eigenvalue weighted by Gasteiger charge is 2.26. The topological polar surface area (TPSA) is 102 Å². The van der Waals surface area contributed by atoms with Gasteiger partial charge in [0.25, 0.3) is 0 Å². The number of hydrogen-bond acceptors (Lipinski definition) is 5. The number of esters is 1. The Balaban J connectivity index is 1.87. The number of benzene rings is 2. The second-order valence-electron chi connectivity index (χ2n) is 5.45. The third-order valence-electron chi connectivity index (χ3n) is 3.39. The summed E-state index contributed by atoms with van der Waals surface area (Å²) in [6, 6.07) is 16.6. The van der Waals surface area contributed by atoms with Gasteiger partial charge in [0.15, 0.2) is 0 Å². The maximum atomic E-state index is 12.1. The van der Waals surface area contributed by atoms with Gasteiger partial charge in [-0.25, -0.2) is 9.59 Å². The Morgan fingerprint density at radius 3 is 1.85 bits per heavy atom. The van der Waals surface area contributed by atoms with Crippen LogP contribution in [0.3, 0.4) is 0 Å². The van der Waals surface area contributed by atoms with E-state index in [0.29, 0.717) is 0 Å². The largest absolute Gasteiger partial charge is 0.481 e. The third-order valence-corrected chi connectivity index (χ3v) is 3.39. The predicted octanol–water partition coefficient (Wildman–Crippen LogP) is 2.50. The van der Waals surface area contributed by atoms with E-state index < -0.39 is 30.5 Å². The van der Waals surface area contributed by atoms with Crippen LogP contribution in [0.4, 0.5) is 4.79 Å². The van der Waals surface area contributed by atoms with E-state index in [4.69, 9.17) is 14.6 Å². The summed E-state index contributed by atoms with van der Waals surface area (Å²) >= 11 is 0. The van der Waals surface area contributed by atoms with E-state index >= 15 is 0 Å². The number of carboxylic acids is 1. The molecule has 0 fully saturated rings. The molecule has 0 radical (unpaired) electrons. The molecule has 2 N–H and O–H groups in total. The number of amides is 1. The average molecular weight is 357 g/mol. The first-order chi connectivity index (χ1) is 12.5. The van der Waals surface area contributed by atoms with Gasteiger partial charge in [0.2, 0.25) is 0 Å². The number of aliphatic carboxylic acids is 1. The molecule has 0 aliphatic rings. The quantitative estimate of drug-likeness (QED) is 0.704. The summed E-state index contributed by atoms with van der Waals surface area (Å²) in [7, 11) is 0. The molecule has 0 aliphatic carbocycles. The van der Waals surface area contributed by atoms with Gasteiger partial charge in [-0.3, -0.25) is 4.79 Å². The van der Waals surface area contributed by atoms with E-state index in [2.05, 4.69) is 5.32 Å². The molecule has 0 aromatic heterocycles. The lowest BCUT2D eigenvalue weighted by atomic mass is 10.2. The summed E-state index contributed by atoms with van der Waals surface area (Å²) in [5.74, 6) is -2.08. The molecule has 0 saturated heterocycles. The first kappa shape index (κ1) is 19.0. The molecule has 2 rings (SSSR count). The van der Waals surface area contributed by atoms with Crippen molar-refractivity contribution in [1.29, 1.82) is 0 Å². The fraction of sp³-hybridized carbons (Fsp3) is 0.211. The molecule has 0 aliphatic heterocycles. The molecule has 0 heterocycles. The minimum Gasteiger partial charge on any atom is -0.481 e. The highest BCUT2D eigenvalue weighted by molar-refractivity contribution is 5.85. The van der Waals surface area contributed by atoms with Crippen LogP contribution < -0.4 is 5.32 Å². The Morgan fingerprint density at radius 1 is 0.846 bits per heavy atom. The summed E-state index contributed by atoms with van der Waals surface area (Å²) in [5.41, 5.74) is 1.52. The third kappa shape index (κ3) is 6.64. The van der Waals surface area contributed by atoms with Crippen molar-refractivity contribution in [3.63, 3.8) is 0 Å². The molecule has 0 saturated carbocycles. The molecular formula is C19H19NO6. The van der Waals surface area contributed by atoms with Gasteiger partial charge < -0.3 is 19.9 Å². The molecule has 1 amide bonds. The van der Waals surface area contributed by atoms with Crippen LogP contribution in [0.2, 0.25) is 0 Å². The molecule has 0 spiro atoms. The summed E-state index contributed by atoms with van der Waals surface area (Å²) in [4.78, 5) is 34.9. The standard InChI is InChI=1S/C19H19NO6/c21-17(22)11-16(18(23)25-12-14-7-3-1-4-8-14)20-19(24)26-13-15-9-5-2-6-10-15/h1-10,16H,11-13H2,(H,20,24)(H,21,22)/t16-/m1/s1. The number of nitrogens with one attached hydrogen (secondary N) is 1.